The predicted octanol–water partition coefficient (Wildman–Crippen LogP) is 3.14. The minimum Gasteiger partial charge on any atom is -0.495 e. The van der Waals surface area contributed by atoms with Crippen molar-refractivity contribution in [3.8, 4) is 5.75 Å². The van der Waals surface area contributed by atoms with Crippen molar-refractivity contribution in [2.24, 2.45) is 16.2 Å². The smallest absolute Gasteiger partial charge is 0.234 e. The van der Waals surface area contributed by atoms with E-state index in [4.69, 9.17) is 4.74 Å². The summed E-state index contributed by atoms with van der Waals surface area (Å²) in [6, 6.07) is 5.58. The summed E-state index contributed by atoms with van der Waals surface area (Å²) in [6.45, 7) is 7.53. The molecule has 1 N–H and O–H groups in total. The van der Waals surface area contributed by atoms with Crippen LogP contribution >= 0.6 is 0 Å². The molecular weight excluding hydrogens is 344 g/mol. The van der Waals surface area contributed by atoms with Crippen LogP contribution in [0.1, 0.15) is 45.6 Å². The van der Waals surface area contributed by atoms with Crippen LogP contribution in [0.3, 0.4) is 0 Å². The second-order valence-corrected chi connectivity index (χ2v) is 9.04. The maximum atomic E-state index is 13.3. The van der Waals surface area contributed by atoms with E-state index in [0.29, 0.717) is 30.7 Å². The van der Waals surface area contributed by atoms with Crippen LogP contribution in [-0.2, 0) is 14.4 Å². The summed E-state index contributed by atoms with van der Waals surface area (Å²) in [6.07, 6.45) is 1.30. The number of ether oxygens (including phenoxy) is 1. The van der Waals surface area contributed by atoms with E-state index < -0.39 is 16.2 Å². The number of anilines is 1. The maximum absolute atomic E-state index is 13.3. The first-order valence-electron chi connectivity index (χ1n) is 9.23. The molecular formula is C21H28N2O4. The Labute approximate surface area is 160 Å². The summed E-state index contributed by atoms with van der Waals surface area (Å²) in [4.78, 5) is 40.1. The maximum Gasteiger partial charge on any atom is 0.234 e. The summed E-state index contributed by atoms with van der Waals surface area (Å²) in [7, 11) is 3.10. The molecule has 2 fully saturated rings. The number of amides is 3. The number of likely N-dealkylation sites (tertiary alicyclic amines) is 1. The number of hydrogen-bond donors (Lipinski definition) is 1. The van der Waals surface area contributed by atoms with Gasteiger partial charge in [-0.15, -0.1) is 0 Å². The van der Waals surface area contributed by atoms with Crippen LogP contribution in [-0.4, -0.2) is 36.8 Å². The van der Waals surface area contributed by atoms with Crippen LogP contribution in [0.5, 0.6) is 5.75 Å². The zero-order valence-electron chi connectivity index (χ0n) is 16.9. The fourth-order valence-electron chi connectivity index (χ4n) is 5.33. The summed E-state index contributed by atoms with van der Waals surface area (Å²) in [5.74, 6) is 0.000221. The molecule has 1 aliphatic heterocycles. The molecule has 2 bridgehead atoms. The third kappa shape index (κ3) is 3.01. The highest BCUT2D eigenvalue weighted by molar-refractivity contribution is 6.05. The molecule has 0 aromatic heterocycles. The molecule has 6 nitrogen and oxygen atoms in total. The Morgan fingerprint density at radius 3 is 2.15 bits per heavy atom. The van der Waals surface area contributed by atoms with Gasteiger partial charge in [0.15, 0.2) is 0 Å². The van der Waals surface area contributed by atoms with Gasteiger partial charge >= 0.3 is 0 Å². The van der Waals surface area contributed by atoms with Gasteiger partial charge in [-0.05, 0) is 43.9 Å². The van der Waals surface area contributed by atoms with Gasteiger partial charge in [-0.3, -0.25) is 19.3 Å². The number of carbonyl (C=O) groups is 3. The lowest BCUT2D eigenvalue weighted by atomic mass is 9.51. The average molecular weight is 372 g/mol. The number of piperidine rings is 1. The number of methoxy groups -OCH3 is 1. The number of aryl methyl sites for hydroxylation is 1. The molecule has 146 valence electrons. The van der Waals surface area contributed by atoms with E-state index in [1.165, 1.54) is 4.90 Å². The van der Waals surface area contributed by atoms with Crippen molar-refractivity contribution in [3.05, 3.63) is 23.8 Å². The predicted molar refractivity (Wildman–Crippen MR) is 102 cm³/mol. The Bertz CT molecular complexity index is 803. The van der Waals surface area contributed by atoms with Gasteiger partial charge in [0.05, 0.1) is 12.8 Å². The van der Waals surface area contributed by atoms with Gasteiger partial charge in [0.25, 0.3) is 0 Å². The Balaban J connectivity index is 1.95. The number of rotatable bonds is 3. The zero-order chi connectivity index (χ0) is 20.2. The molecule has 1 aliphatic carbocycles. The third-order valence-corrected chi connectivity index (χ3v) is 6.13. The van der Waals surface area contributed by atoms with Gasteiger partial charge in [-0.2, -0.15) is 0 Å². The van der Waals surface area contributed by atoms with Crippen molar-refractivity contribution in [3.63, 3.8) is 0 Å². The van der Waals surface area contributed by atoms with Gasteiger partial charge in [0, 0.05) is 23.3 Å². The second-order valence-electron chi connectivity index (χ2n) is 9.04. The van der Waals surface area contributed by atoms with Crippen LogP contribution in [0.25, 0.3) is 0 Å². The molecule has 3 amide bonds. The summed E-state index contributed by atoms with van der Waals surface area (Å²) >= 11 is 0. The molecule has 1 saturated carbocycles. The first-order chi connectivity index (χ1) is 12.4. The molecule has 1 saturated heterocycles. The van der Waals surface area contributed by atoms with E-state index in [2.05, 4.69) is 5.32 Å². The number of fused-ring (bicyclic) bond motifs is 2. The average Bonchev–Trinajstić information content (AvgIpc) is 2.58. The van der Waals surface area contributed by atoms with Crippen LogP contribution < -0.4 is 10.1 Å². The highest BCUT2D eigenvalue weighted by Crippen LogP contribution is 2.58. The van der Waals surface area contributed by atoms with Crippen molar-refractivity contribution in [1.82, 2.24) is 4.90 Å². The molecule has 2 unspecified atom stereocenters. The van der Waals surface area contributed by atoms with E-state index in [-0.39, 0.29) is 17.7 Å². The molecule has 0 spiro atoms. The summed E-state index contributed by atoms with van der Waals surface area (Å²) in [5.41, 5.74) is -0.674. The van der Waals surface area contributed by atoms with E-state index in [9.17, 15) is 14.4 Å². The van der Waals surface area contributed by atoms with Gasteiger partial charge in [-0.1, -0.05) is 26.8 Å². The van der Waals surface area contributed by atoms with Crippen LogP contribution in [0.2, 0.25) is 0 Å². The lowest BCUT2D eigenvalue weighted by Crippen LogP contribution is -2.63. The first-order valence-corrected chi connectivity index (χ1v) is 9.23. The topological polar surface area (TPSA) is 75.7 Å². The number of nitrogens with one attached hydrogen (secondary N) is 1. The van der Waals surface area contributed by atoms with Crippen LogP contribution in [0, 0.1) is 23.2 Å². The largest absolute Gasteiger partial charge is 0.495 e. The highest BCUT2D eigenvalue weighted by atomic mass is 16.5. The molecule has 2 atom stereocenters. The first kappa shape index (κ1) is 19.4. The number of hydrogen-bond acceptors (Lipinski definition) is 4. The molecule has 27 heavy (non-hydrogen) atoms. The molecule has 1 aromatic carbocycles. The Kier molecular flexibility index (Phi) is 4.36. The Hall–Kier alpha value is -2.37. The number of nitrogens with zero attached hydrogens (tertiary/aromatic N) is 1. The van der Waals surface area contributed by atoms with Gasteiger partial charge in [-0.25, -0.2) is 0 Å². The Morgan fingerprint density at radius 2 is 1.63 bits per heavy atom. The molecule has 1 heterocycles. The van der Waals surface area contributed by atoms with E-state index in [1.807, 2.05) is 45.9 Å². The number of benzene rings is 1. The van der Waals surface area contributed by atoms with Crippen LogP contribution in [0.15, 0.2) is 18.2 Å². The summed E-state index contributed by atoms with van der Waals surface area (Å²) < 4.78 is 5.35. The minimum absolute atomic E-state index is 0.186. The van der Waals surface area contributed by atoms with Crippen molar-refractivity contribution >= 4 is 23.4 Å². The SMILES string of the molecule is COc1ccc(C)cc1NC(=O)C1(C)CC2(C)CC(C)(C1)C(=O)N(C)C2=O. The van der Waals surface area contributed by atoms with E-state index in [0.717, 1.165) is 5.56 Å². The fraction of sp³-hybridized carbons (Fsp3) is 0.571. The minimum atomic E-state index is -0.830. The summed E-state index contributed by atoms with van der Waals surface area (Å²) in [5, 5.41) is 2.98. The normalized spacial score (nSPS) is 33.0. The molecule has 3 rings (SSSR count). The highest BCUT2D eigenvalue weighted by Gasteiger charge is 2.62. The van der Waals surface area contributed by atoms with Crippen molar-refractivity contribution in [2.45, 2.75) is 47.0 Å². The van der Waals surface area contributed by atoms with Crippen molar-refractivity contribution < 1.29 is 19.1 Å². The zero-order valence-corrected chi connectivity index (χ0v) is 16.9. The quantitative estimate of drug-likeness (QED) is 0.827. The fourth-order valence-corrected chi connectivity index (χ4v) is 5.33. The van der Waals surface area contributed by atoms with Gasteiger partial charge in [0.2, 0.25) is 17.7 Å². The standard InChI is InChI=1S/C21H28N2O4/c1-13-7-8-15(27-6)14(9-13)22-16(24)19(2)10-20(3)12-21(4,11-19)18(26)23(5)17(20)25/h7-9H,10-12H2,1-6H3,(H,22,24). The second kappa shape index (κ2) is 6.08. The van der Waals surface area contributed by atoms with Crippen molar-refractivity contribution in [2.75, 3.05) is 19.5 Å². The number of carbonyl (C=O) groups excluding carboxylic acids is 3. The van der Waals surface area contributed by atoms with Crippen molar-refractivity contribution in [1.29, 1.82) is 0 Å². The lowest BCUT2D eigenvalue weighted by Gasteiger charge is -2.55. The molecule has 1 aromatic rings. The Morgan fingerprint density at radius 1 is 1.07 bits per heavy atom. The monoisotopic (exact) mass is 372 g/mol. The molecule has 0 radical (unpaired) electrons. The van der Waals surface area contributed by atoms with E-state index in [1.54, 1.807) is 14.2 Å². The molecule has 6 heteroatoms. The molecule has 2 aliphatic rings. The van der Waals surface area contributed by atoms with E-state index >= 15 is 0 Å². The van der Waals surface area contributed by atoms with Crippen LogP contribution in [0.4, 0.5) is 5.69 Å². The lowest BCUT2D eigenvalue weighted by molar-refractivity contribution is -0.177. The third-order valence-electron chi connectivity index (χ3n) is 6.13. The van der Waals surface area contributed by atoms with Gasteiger partial charge in [0.1, 0.15) is 5.75 Å². The van der Waals surface area contributed by atoms with Gasteiger partial charge < -0.3 is 10.1 Å². The number of imide groups is 1.